The number of benzene rings is 1. The highest BCUT2D eigenvalue weighted by molar-refractivity contribution is 5.14. The minimum absolute atomic E-state index is 0.800. The lowest BCUT2D eigenvalue weighted by Crippen LogP contribution is -2.22. The maximum atomic E-state index is 5.48. The lowest BCUT2D eigenvalue weighted by molar-refractivity contribution is 0.153. The quantitative estimate of drug-likeness (QED) is 0.726. The second kappa shape index (κ2) is 3.95. The Balaban J connectivity index is 1.62. The van der Waals surface area contributed by atoms with E-state index in [4.69, 9.17) is 4.74 Å². The van der Waals surface area contributed by atoms with Crippen LogP contribution in [0.15, 0.2) is 30.3 Å². The summed E-state index contributed by atoms with van der Waals surface area (Å²) in [4.78, 5) is 2.56. The van der Waals surface area contributed by atoms with Gasteiger partial charge in [0.25, 0.3) is 0 Å². The Kier molecular flexibility index (Phi) is 2.47. The lowest BCUT2D eigenvalue weighted by atomic mass is 10.0. The molecular weight excluding hydrogens is 186 g/mol. The van der Waals surface area contributed by atoms with E-state index in [-0.39, 0.29) is 0 Å². The molecule has 0 N–H and O–H groups in total. The normalized spacial score (nSPS) is 30.7. The molecule has 0 radical (unpaired) electrons. The summed E-state index contributed by atoms with van der Waals surface area (Å²) in [5, 5.41) is 0. The van der Waals surface area contributed by atoms with Crippen LogP contribution in [0.2, 0.25) is 0 Å². The third-order valence-corrected chi connectivity index (χ3v) is 3.56. The highest BCUT2D eigenvalue weighted by Crippen LogP contribution is 2.29. The summed E-state index contributed by atoms with van der Waals surface area (Å²) in [6, 6.07) is 10.7. The number of ether oxygens (including phenoxy) is 1. The summed E-state index contributed by atoms with van der Waals surface area (Å²) in [7, 11) is 0. The van der Waals surface area contributed by atoms with Crippen LogP contribution in [-0.4, -0.2) is 31.2 Å². The van der Waals surface area contributed by atoms with E-state index < -0.39 is 0 Å². The maximum Gasteiger partial charge on any atom is 0.0510 e. The van der Waals surface area contributed by atoms with Gasteiger partial charge in [0.2, 0.25) is 0 Å². The zero-order chi connectivity index (χ0) is 10.1. The fraction of sp³-hybridized carbons (Fsp3) is 0.538. The Hall–Kier alpha value is -0.860. The van der Waals surface area contributed by atoms with Gasteiger partial charge in [-0.15, -0.1) is 0 Å². The lowest BCUT2D eigenvalue weighted by Gasteiger charge is -2.16. The topological polar surface area (TPSA) is 12.5 Å². The van der Waals surface area contributed by atoms with Crippen LogP contribution in [0, 0.1) is 11.8 Å². The van der Waals surface area contributed by atoms with Gasteiger partial charge in [0.05, 0.1) is 13.2 Å². The number of rotatable bonds is 2. The zero-order valence-corrected chi connectivity index (χ0v) is 8.93. The van der Waals surface area contributed by atoms with E-state index in [9.17, 15) is 0 Å². The molecular formula is C13H17NO. The Morgan fingerprint density at radius 2 is 1.73 bits per heavy atom. The SMILES string of the molecule is c1ccc(CN2CC3COCC3C2)cc1. The highest BCUT2D eigenvalue weighted by Gasteiger charge is 2.36. The predicted molar refractivity (Wildman–Crippen MR) is 59.5 cm³/mol. The van der Waals surface area contributed by atoms with Gasteiger partial charge in [0.1, 0.15) is 0 Å². The first-order valence-corrected chi connectivity index (χ1v) is 5.76. The summed E-state index contributed by atoms with van der Waals surface area (Å²) >= 11 is 0. The van der Waals surface area contributed by atoms with Gasteiger partial charge < -0.3 is 4.74 Å². The fourth-order valence-corrected chi connectivity index (χ4v) is 2.76. The summed E-state index contributed by atoms with van der Waals surface area (Å²) < 4.78 is 5.48. The fourth-order valence-electron chi connectivity index (χ4n) is 2.76. The van der Waals surface area contributed by atoms with Gasteiger partial charge >= 0.3 is 0 Å². The van der Waals surface area contributed by atoms with Gasteiger partial charge in [-0.3, -0.25) is 4.90 Å². The molecule has 2 heterocycles. The average Bonchev–Trinajstić information content (AvgIpc) is 2.79. The van der Waals surface area contributed by atoms with E-state index >= 15 is 0 Å². The Morgan fingerprint density at radius 1 is 1.07 bits per heavy atom. The molecule has 0 aliphatic carbocycles. The molecule has 1 aromatic rings. The van der Waals surface area contributed by atoms with Crippen LogP contribution >= 0.6 is 0 Å². The summed E-state index contributed by atoms with van der Waals surface area (Å²) in [5.74, 6) is 1.60. The molecule has 2 nitrogen and oxygen atoms in total. The molecule has 0 amide bonds. The number of nitrogens with zero attached hydrogens (tertiary/aromatic N) is 1. The first-order valence-electron chi connectivity index (χ1n) is 5.76. The minimum atomic E-state index is 0.800. The van der Waals surface area contributed by atoms with Crippen LogP contribution in [0.1, 0.15) is 5.56 Å². The van der Waals surface area contributed by atoms with Crippen molar-refractivity contribution in [3.8, 4) is 0 Å². The molecule has 2 aliphatic rings. The molecule has 80 valence electrons. The molecule has 0 aromatic heterocycles. The monoisotopic (exact) mass is 203 g/mol. The number of hydrogen-bond acceptors (Lipinski definition) is 2. The zero-order valence-electron chi connectivity index (χ0n) is 8.93. The molecule has 1 aromatic carbocycles. The standard InChI is InChI=1S/C13H17NO/c1-2-4-11(5-3-1)6-14-7-12-9-15-10-13(12)8-14/h1-5,12-13H,6-10H2. The van der Waals surface area contributed by atoms with Gasteiger partial charge in [0, 0.05) is 31.5 Å². The predicted octanol–water partition coefficient (Wildman–Crippen LogP) is 1.76. The number of fused-ring (bicyclic) bond motifs is 1. The molecule has 2 atom stereocenters. The van der Waals surface area contributed by atoms with Crippen molar-refractivity contribution in [1.29, 1.82) is 0 Å². The van der Waals surface area contributed by atoms with Crippen LogP contribution in [0.5, 0.6) is 0 Å². The molecule has 0 saturated carbocycles. The van der Waals surface area contributed by atoms with Crippen molar-refractivity contribution in [2.24, 2.45) is 11.8 Å². The van der Waals surface area contributed by atoms with E-state index in [1.165, 1.54) is 18.7 Å². The van der Waals surface area contributed by atoms with E-state index in [1.807, 2.05) is 0 Å². The second-order valence-electron chi connectivity index (χ2n) is 4.74. The summed E-state index contributed by atoms with van der Waals surface area (Å²) in [5.41, 5.74) is 1.43. The third kappa shape index (κ3) is 1.92. The molecule has 2 saturated heterocycles. The number of hydrogen-bond donors (Lipinski definition) is 0. The third-order valence-electron chi connectivity index (χ3n) is 3.56. The van der Waals surface area contributed by atoms with Crippen LogP contribution in [-0.2, 0) is 11.3 Å². The van der Waals surface area contributed by atoms with Gasteiger partial charge in [-0.1, -0.05) is 30.3 Å². The van der Waals surface area contributed by atoms with Gasteiger partial charge in [-0.25, -0.2) is 0 Å². The van der Waals surface area contributed by atoms with Crippen LogP contribution in [0.4, 0.5) is 0 Å². The van der Waals surface area contributed by atoms with E-state index in [1.54, 1.807) is 0 Å². The minimum Gasteiger partial charge on any atom is -0.381 e. The van der Waals surface area contributed by atoms with Crippen LogP contribution < -0.4 is 0 Å². The first kappa shape index (κ1) is 9.37. The van der Waals surface area contributed by atoms with Crippen LogP contribution in [0.25, 0.3) is 0 Å². The largest absolute Gasteiger partial charge is 0.381 e. The summed E-state index contributed by atoms with van der Waals surface area (Å²) in [6.45, 7) is 5.51. The molecule has 0 bridgehead atoms. The molecule has 2 heteroatoms. The van der Waals surface area contributed by atoms with Gasteiger partial charge in [-0.2, -0.15) is 0 Å². The molecule has 2 unspecified atom stereocenters. The van der Waals surface area contributed by atoms with E-state index in [0.717, 1.165) is 31.6 Å². The van der Waals surface area contributed by atoms with Crippen molar-refractivity contribution < 1.29 is 4.74 Å². The molecule has 2 fully saturated rings. The molecule has 0 spiro atoms. The van der Waals surface area contributed by atoms with Crippen molar-refractivity contribution in [2.75, 3.05) is 26.3 Å². The Morgan fingerprint density at radius 3 is 2.40 bits per heavy atom. The van der Waals surface area contributed by atoms with Gasteiger partial charge in [-0.05, 0) is 5.56 Å². The maximum absolute atomic E-state index is 5.48. The van der Waals surface area contributed by atoms with Crippen LogP contribution in [0.3, 0.4) is 0 Å². The number of likely N-dealkylation sites (tertiary alicyclic amines) is 1. The van der Waals surface area contributed by atoms with Crippen molar-refractivity contribution in [1.82, 2.24) is 4.90 Å². The Bertz CT molecular complexity index is 313. The first-order chi connectivity index (χ1) is 7.42. The van der Waals surface area contributed by atoms with Crippen molar-refractivity contribution in [2.45, 2.75) is 6.54 Å². The van der Waals surface area contributed by atoms with Gasteiger partial charge in [0.15, 0.2) is 0 Å². The van der Waals surface area contributed by atoms with Crippen molar-refractivity contribution in [3.63, 3.8) is 0 Å². The molecule has 3 rings (SSSR count). The average molecular weight is 203 g/mol. The van der Waals surface area contributed by atoms with Crippen molar-refractivity contribution >= 4 is 0 Å². The second-order valence-corrected chi connectivity index (χ2v) is 4.74. The smallest absolute Gasteiger partial charge is 0.0510 e. The van der Waals surface area contributed by atoms with Crippen molar-refractivity contribution in [3.05, 3.63) is 35.9 Å². The summed E-state index contributed by atoms with van der Waals surface area (Å²) in [6.07, 6.45) is 0. The Labute approximate surface area is 90.8 Å². The highest BCUT2D eigenvalue weighted by atomic mass is 16.5. The van der Waals surface area contributed by atoms with E-state index in [0.29, 0.717) is 0 Å². The van der Waals surface area contributed by atoms with E-state index in [2.05, 4.69) is 35.2 Å². The molecule has 15 heavy (non-hydrogen) atoms. The molecule has 2 aliphatic heterocycles.